The number of hydrogen-bond donors (Lipinski definition) is 0. The maximum Gasteiger partial charge on any atom is 0.111 e. The highest BCUT2D eigenvalue weighted by Crippen LogP contribution is 2.27. The second kappa shape index (κ2) is 6.57. The van der Waals surface area contributed by atoms with Crippen molar-refractivity contribution in [3.63, 3.8) is 0 Å². The molecule has 0 saturated carbocycles. The monoisotopic (exact) mass is 325 g/mol. The molecule has 0 spiro atoms. The zero-order valence-electron chi connectivity index (χ0n) is 13.7. The Hall–Kier alpha value is -3.47. The van der Waals surface area contributed by atoms with E-state index >= 15 is 0 Å². The van der Waals surface area contributed by atoms with Crippen molar-refractivity contribution in [3.05, 3.63) is 78.8 Å². The highest BCUT2D eigenvalue weighted by atomic mass is 15.1. The number of hydrogen-bond acceptors (Lipinski definition) is 5. The van der Waals surface area contributed by atoms with E-state index in [0.29, 0.717) is 0 Å². The molecule has 0 saturated heterocycles. The molecule has 5 nitrogen and oxygen atoms in total. The van der Waals surface area contributed by atoms with E-state index in [1.54, 1.807) is 12.4 Å². The lowest BCUT2D eigenvalue weighted by molar-refractivity contribution is 1.03. The van der Waals surface area contributed by atoms with Gasteiger partial charge in [-0.2, -0.15) is 0 Å². The van der Waals surface area contributed by atoms with Gasteiger partial charge in [-0.3, -0.25) is 15.0 Å². The van der Waals surface area contributed by atoms with Crippen LogP contribution in [-0.4, -0.2) is 25.1 Å². The van der Waals surface area contributed by atoms with E-state index in [4.69, 9.17) is 0 Å². The Kier molecular flexibility index (Phi) is 3.96. The van der Waals surface area contributed by atoms with E-state index in [9.17, 15) is 0 Å². The van der Waals surface area contributed by atoms with Crippen molar-refractivity contribution in [2.24, 2.45) is 0 Å². The number of pyridine rings is 3. The van der Waals surface area contributed by atoms with E-state index in [2.05, 4.69) is 25.1 Å². The van der Waals surface area contributed by atoms with Crippen LogP contribution in [0, 0.1) is 6.92 Å². The molecule has 0 bridgehead atoms. The van der Waals surface area contributed by atoms with Crippen molar-refractivity contribution >= 4 is 0 Å². The van der Waals surface area contributed by atoms with Gasteiger partial charge in [0.05, 0.1) is 22.8 Å². The maximum absolute atomic E-state index is 4.49. The Morgan fingerprint density at radius 1 is 0.600 bits per heavy atom. The minimum absolute atomic E-state index is 0.746. The molecule has 4 rings (SSSR count). The molecule has 4 aromatic heterocycles. The van der Waals surface area contributed by atoms with Gasteiger partial charge in [0.15, 0.2) is 0 Å². The first-order chi connectivity index (χ1) is 12.3. The van der Waals surface area contributed by atoms with Crippen LogP contribution in [0.15, 0.2) is 73.1 Å². The van der Waals surface area contributed by atoms with Crippen LogP contribution in [0.4, 0.5) is 0 Å². The van der Waals surface area contributed by atoms with Crippen molar-refractivity contribution < 1.29 is 0 Å². The summed E-state index contributed by atoms with van der Waals surface area (Å²) in [7, 11) is 0. The number of nitrogens with zero attached hydrogens (tertiary/aromatic N) is 5. The van der Waals surface area contributed by atoms with Crippen LogP contribution in [0.5, 0.6) is 0 Å². The third-order valence-corrected chi connectivity index (χ3v) is 3.81. The lowest BCUT2D eigenvalue weighted by atomic mass is 10.1. The topological polar surface area (TPSA) is 64.5 Å². The molecule has 0 unspecified atom stereocenters. The summed E-state index contributed by atoms with van der Waals surface area (Å²) in [6.07, 6.45) is 3.51. The van der Waals surface area contributed by atoms with E-state index in [1.807, 2.05) is 67.6 Å². The van der Waals surface area contributed by atoms with Crippen LogP contribution in [0.1, 0.15) is 5.69 Å². The van der Waals surface area contributed by atoms with E-state index in [-0.39, 0.29) is 0 Å². The van der Waals surface area contributed by atoms with Gasteiger partial charge in [0.2, 0.25) is 0 Å². The third-order valence-electron chi connectivity index (χ3n) is 3.81. The lowest BCUT2D eigenvalue weighted by Crippen LogP contribution is -1.96. The van der Waals surface area contributed by atoms with Crippen LogP contribution in [-0.2, 0) is 0 Å². The molecule has 4 heterocycles. The average Bonchev–Trinajstić information content (AvgIpc) is 2.69. The SMILES string of the molecule is Cc1cccc(-c2ccc(-c3cccnc3-c3ccccn3)nn2)n1. The van der Waals surface area contributed by atoms with E-state index < -0.39 is 0 Å². The third kappa shape index (κ3) is 3.12. The molecular weight excluding hydrogens is 310 g/mol. The van der Waals surface area contributed by atoms with Gasteiger partial charge in [0.1, 0.15) is 5.69 Å². The summed E-state index contributed by atoms with van der Waals surface area (Å²) >= 11 is 0. The van der Waals surface area contributed by atoms with Gasteiger partial charge >= 0.3 is 0 Å². The Morgan fingerprint density at radius 2 is 1.40 bits per heavy atom. The van der Waals surface area contributed by atoms with Crippen molar-refractivity contribution in [1.29, 1.82) is 0 Å². The molecule has 0 atom stereocenters. The predicted molar refractivity (Wildman–Crippen MR) is 96.5 cm³/mol. The second-order valence-corrected chi connectivity index (χ2v) is 5.58. The first kappa shape index (κ1) is 15.1. The molecule has 0 aliphatic rings. The molecule has 5 heteroatoms. The molecule has 0 aliphatic heterocycles. The van der Waals surface area contributed by atoms with Gasteiger partial charge in [-0.25, -0.2) is 0 Å². The maximum atomic E-state index is 4.49. The molecule has 0 fully saturated rings. The van der Waals surface area contributed by atoms with Crippen LogP contribution < -0.4 is 0 Å². The molecular formula is C20H15N5. The number of aryl methyl sites for hydroxylation is 1. The fraction of sp³-hybridized carbons (Fsp3) is 0.0500. The molecule has 4 aromatic rings. The molecule has 0 radical (unpaired) electrons. The molecule has 0 aromatic carbocycles. The smallest absolute Gasteiger partial charge is 0.111 e. The van der Waals surface area contributed by atoms with Gasteiger partial charge in [-0.1, -0.05) is 12.1 Å². The van der Waals surface area contributed by atoms with Crippen molar-refractivity contribution in [1.82, 2.24) is 25.1 Å². The summed E-state index contributed by atoms with van der Waals surface area (Å²) < 4.78 is 0. The fourth-order valence-corrected chi connectivity index (χ4v) is 2.62. The summed E-state index contributed by atoms with van der Waals surface area (Å²) in [4.78, 5) is 13.4. The van der Waals surface area contributed by atoms with E-state index in [0.717, 1.165) is 39.7 Å². The fourth-order valence-electron chi connectivity index (χ4n) is 2.62. The summed E-state index contributed by atoms with van der Waals surface area (Å²) in [6.45, 7) is 1.96. The number of rotatable bonds is 3. The molecule has 0 aliphatic carbocycles. The molecule has 0 amide bonds. The quantitative estimate of drug-likeness (QED) is 0.570. The molecule has 120 valence electrons. The van der Waals surface area contributed by atoms with Crippen LogP contribution >= 0.6 is 0 Å². The summed E-state index contributed by atoms with van der Waals surface area (Å²) in [5.74, 6) is 0. The van der Waals surface area contributed by atoms with Crippen molar-refractivity contribution in [2.75, 3.05) is 0 Å². The second-order valence-electron chi connectivity index (χ2n) is 5.58. The lowest BCUT2D eigenvalue weighted by Gasteiger charge is -2.07. The number of aromatic nitrogens is 5. The van der Waals surface area contributed by atoms with Gasteiger partial charge in [0.25, 0.3) is 0 Å². The van der Waals surface area contributed by atoms with E-state index in [1.165, 1.54) is 0 Å². The normalized spacial score (nSPS) is 10.6. The van der Waals surface area contributed by atoms with Crippen LogP contribution in [0.3, 0.4) is 0 Å². The standard InChI is InChI=1S/C20H15N5/c1-14-6-4-9-17(23-14)18-11-10-16(24-25-18)15-7-5-13-22-20(15)19-8-2-3-12-21-19/h2-13H,1H3. The average molecular weight is 325 g/mol. The minimum Gasteiger partial charge on any atom is -0.255 e. The summed E-state index contributed by atoms with van der Waals surface area (Å²) in [5.41, 5.74) is 5.77. The van der Waals surface area contributed by atoms with Gasteiger partial charge in [-0.15, -0.1) is 10.2 Å². The Morgan fingerprint density at radius 3 is 2.16 bits per heavy atom. The van der Waals surface area contributed by atoms with Gasteiger partial charge in [-0.05, 0) is 55.5 Å². The van der Waals surface area contributed by atoms with Crippen LogP contribution in [0.2, 0.25) is 0 Å². The van der Waals surface area contributed by atoms with Gasteiger partial charge < -0.3 is 0 Å². The van der Waals surface area contributed by atoms with Crippen molar-refractivity contribution in [3.8, 4) is 34.0 Å². The molecule has 0 N–H and O–H groups in total. The Bertz CT molecular complexity index is 998. The minimum atomic E-state index is 0.746. The Labute approximate surface area is 145 Å². The first-order valence-corrected chi connectivity index (χ1v) is 7.96. The van der Waals surface area contributed by atoms with Crippen LogP contribution in [0.25, 0.3) is 34.0 Å². The molecule has 25 heavy (non-hydrogen) atoms. The predicted octanol–water partition coefficient (Wildman–Crippen LogP) is 3.97. The highest BCUT2D eigenvalue weighted by Gasteiger charge is 2.11. The summed E-state index contributed by atoms with van der Waals surface area (Å²) in [6, 6.07) is 19.4. The summed E-state index contributed by atoms with van der Waals surface area (Å²) in [5, 5.41) is 8.72. The Balaban J connectivity index is 1.74. The zero-order valence-corrected chi connectivity index (χ0v) is 13.7. The highest BCUT2D eigenvalue weighted by molar-refractivity contribution is 5.77. The van der Waals surface area contributed by atoms with Crippen molar-refractivity contribution in [2.45, 2.75) is 6.92 Å². The largest absolute Gasteiger partial charge is 0.255 e. The van der Waals surface area contributed by atoms with Gasteiger partial charge in [0, 0.05) is 23.7 Å². The first-order valence-electron chi connectivity index (χ1n) is 7.96. The zero-order chi connectivity index (χ0) is 17.1.